The molecule has 0 amide bonds. The van der Waals surface area contributed by atoms with Crippen LogP contribution in [0.5, 0.6) is 0 Å². The first kappa shape index (κ1) is 9.86. The summed E-state index contributed by atoms with van der Waals surface area (Å²) in [7, 11) is 0. The van der Waals surface area contributed by atoms with Crippen molar-refractivity contribution in [3.8, 4) is 0 Å². The van der Waals surface area contributed by atoms with E-state index in [1.165, 1.54) is 6.07 Å². The zero-order chi connectivity index (χ0) is 11.0. The average molecular weight is 223 g/mol. The Bertz CT molecular complexity index is 554. The number of pyridine rings is 1. The molecule has 0 bridgehead atoms. The molecular formula is C10H7ClN2O2. The Morgan fingerprint density at radius 1 is 1.47 bits per heavy atom. The van der Waals surface area contributed by atoms with Crippen LogP contribution in [0.4, 0.5) is 5.69 Å². The molecule has 76 valence electrons. The van der Waals surface area contributed by atoms with Crippen LogP contribution in [0.25, 0.3) is 10.9 Å². The molecule has 0 aliphatic carbocycles. The predicted molar refractivity (Wildman–Crippen MR) is 58.1 cm³/mol. The van der Waals surface area contributed by atoms with E-state index >= 15 is 0 Å². The molecule has 0 saturated heterocycles. The number of hydrogen-bond donors (Lipinski definition) is 0. The van der Waals surface area contributed by atoms with Gasteiger partial charge in [0.1, 0.15) is 0 Å². The number of hydrogen-bond acceptors (Lipinski definition) is 3. The van der Waals surface area contributed by atoms with Gasteiger partial charge in [0.15, 0.2) is 0 Å². The van der Waals surface area contributed by atoms with Gasteiger partial charge in [0, 0.05) is 12.3 Å². The summed E-state index contributed by atoms with van der Waals surface area (Å²) in [5.74, 6) is 0. The van der Waals surface area contributed by atoms with Crippen LogP contribution in [0.1, 0.15) is 5.56 Å². The molecule has 2 aromatic rings. The Hall–Kier alpha value is -1.68. The van der Waals surface area contributed by atoms with Gasteiger partial charge in [-0.1, -0.05) is 17.7 Å². The van der Waals surface area contributed by atoms with Crippen molar-refractivity contribution in [2.45, 2.75) is 6.92 Å². The summed E-state index contributed by atoms with van der Waals surface area (Å²) >= 11 is 6.03. The minimum Gasteiger partial charge on any atom is -0.258 e. The molecule has 0 atom stereocenters. The Labute approximate surface area is 90.7 Å². The number of benzene rings is 1. The van der Waals surface area contributed by atoms with E-state index in [0.717, 1.165) is 5.56 Å². The lowest BCUT2D eigenvalue weighted by atomic mass is 10.1. The van der Waals surface area contributed by atoms with Gasteiger partial charge in [-0.3, -0.25) is 15.1 Å². The molecule has 0 aliphatic heterocycles. The largest absolute Gasteiger partial charge is 0.280 e. The minimum absolute atomic E-state index is 0.00583. The Kier molecular flexibility index (Phi) is 2.28. The molecule has 0 aliphatic rings. The molecule has 1 aromatic heterocycles. The van der Waals surface area contributed by atoms with Crippen LogP contribution in [0.2, 0.25) is 5.02 Å². The summed E-state index contributed by atoms with van der Waals surface area (Å²) in [6.45, 7) is 1.77. The third-order valence-corrected chi connectivity index (χ3v) is 2.67. The molecule has 15 heavy (non-hydrogen) atoms. The van der Waals surface area contributed by atoms with Crippen molar-refractivity contribution in [2.75, 3.05) is 0 Å². The second-order valence-corrected chi connectivity index (χ2v) is 3.56. The van der Waals surface area contributed by atoms with E-state index in [1.807, 2.05) is 0 Å². The number of aryl methyl sites for hydroxylation is 1. The quantitative estimate of drug-likeness (QED) is 0.550. The zero-order valence-electron chi connectivity index (χ0n) is 7.90. The number of nitrogens with zero attached hydrogens (tertiary/aromatic N) is 2. The first-order valence-electron chi connectivity index (χ1n) is 4.29. The standard InChI is InChI=1S/C10H7ClN2O2/c1-6-5-12-7-3-2-4-8(13(14)15)9(7)10(6)11/h2-5H,1H3. The van der Waals surface area contributed by atoms with Gasteiger partial charge in [0.2, 0.25) is 0 Å². The SMILES string of the molecule is Cc1cnc2cccc([N+](=O)[O-])c2c1Cl. The van der Waals surface area contributed by atoms with Crippen LogP contribution in [0, 0.1) is 17.0 Å². The molecule has 1 aromatic carbocycles. The van der Waals surface area contributed by atoms with E-state index in [-0.39, 0.29) is 5.69 Å². The van der Waals surface area contributed by atoms with Crippen LogP contribution in [0.15, 0.2) is 24.4 Å². The molecule has 4 nitrogen and oxygen atoms in total. The lowest BCUT2D eigenvalue weighted by molar-refractivity contribution is -0.383. The molecule has 0 unspecified atom stereocenters. The highest BCUT2D eigenvalue weighted by Gasteiger charge is 2.15. The summed E-state index contributed by atoms with van der Waals surface area (Å²) in [5, 5.41) is 11.6. The van der Waals surface area contributed by atoms with E-state index in [9.17, 15) is 10.1 Å². The van der Waals surface area contributed by atoms with Crippen LogP contribution in [-0.2, 0) is 0 Å². The van der Waals surface area contributed by atoms with Crippen molar-refractivity contribution >= 4 is 28.2 Å². The van der Waals surface area contributed by atoms with Crippen molar-refractivity contribution in [1.82, 2.24) is 4.98 Å². The monoisotopic (exact) mass is 222 g/mol. The fourth-order valence-corrected chi connectivity index (χ4v) is 1.68. The van der Waals surface area contributed by atoms with Crippen LogP contribution in [-0.4, -0.2) is 9.91 Å². The first-order chi connectivity index (χ1) is 7.11. The van der Waals surface area contributed by atoms with Crippen LogP contribution < -0.4 is 0 Å². The maximum atomic E-state index is 10.8. The minimum atomic E-state index is -0.449. The highest BCUT2D eigenvalue weighted by Crippen LogP contribution is 2.32. The maximum Gasteiger partial charge on any atom is 0.280 e. The van der Waals surface area contributed by atoms with E-state index in [2.05, 4.69) is 4.98 Å². The number of nitro benzene ring substituents is 1. The number of aromatic nitrogens is 1. The van der Waals surface area contributed by atoms with Crippen molar-refractivity contribution in [2.24, 2.45) is 0 Å². The average Bonchev–Trinajstić information content (AvgIpc) is 2.23. The Balaban J connectivity index is 2.94. The van der Waals surface area contributed by atoms with Gasteiger partial charge >= 0.3 is 0 Å². The summed E-state index contributed by atoms with van der Waals surface area (Å²) in [6, 6.07) is 4.72. The smallest absolute Gasteiger partial charge is 0.258 e. The van der Waals surface area contributed by atoms with Crippen molar-refractivity contribution < 1.29 is 4.92 Å². The molecule has 5 heteroatoms. The molecule has 0 radical (unpaired) electrons. The number of nitro groups is 1. The second kappa shape index (κ2) is 3.47. The highest BCUT2D eigenvalue weighted by molar-refractivity contribution is 6.36. The van der Waals surface area contributed by atoms with Crippen molar-refractivity contribution in [3.63, 3.8) is 0 Å². The fourth-order valence-electron chi connectivity index (χ4n) is 1.43. The number of rotatable bonds is 1. The number of halogens is 1. The van der Waals surface area contributed by atoms with Gasteiger partial charge in [0.05, 0.1) is 20.8 Å². The van der Waals surface area contributed by atoms with E-state index in [4.69, 9.17) is 11.6 Å². The summed E-state index contributed by atoms with van der Waals surface area (Å²) in [6.07, 6.45) is 1.61. The van der Waals surface area contributed by atoms with Gasteiger partial charge in [-0.2, -0.15) is 0 Å². The maximum absolute atomic E-state index is 10.8. The molecule has 0 fully saturated rings. The molecule has 0 N–H and O–H groups in total. The first-order valence-corrected chi connectivity index (χ1v) is 4.67. The summed E-state index contributed by atoms with van der Waals surface area (Å²) < 4.78 is 0. The van der Waals surface area contributed by atoms with E-state index in [0.29, 0.717) is 15.9 Å². The predicted octanol–water partition coefficient (Wildman–Crippen LogP) is 3.10. The normalized spacial score (nSPS) is 10.5. The molecular weight excluding hydrogens is 216 g/mol. The number of fused-ring (bicyclic) bond motifs is 1. The Morgan fingerprint density at radius 2 is 2.20 bits per heavy atom. The van der Waals surface area contributed by atoms with Crippen molar-refractivity contribution in [3.05, 3.63) is 45.1 Å². The van der Waals surface area contributed by atoms with E-state index < -0.39 is 4.92 Å². The van der Waals surface area contributed by atoms with E-state index in [1.54, 1.807) is 25.3 Å². The summed E-state index contributed by atoms with van der Waals surface area (Å²) in [4.78, 5) is 14.4. The number of non-ortho nitro benzene ring substituents is 1. The second-order valence-electron chi connectivity index (χ2n) is 3.18. The Morgan fingerprint density at radius 3 is 2.87 bits per heavy atom. The molecule has 0 saturated carbocycles. The van der Waals surface area contributed by atoms with Gasteiger partial charge in [-0.05, 0) is 18.6 Å². The third kappa shape index (κ3) is 1.53. The summed E-state index contributed by atoms with van der Waals surface area (Å²) in [5.41, 5.74) is 1.27. The van der Waals surface area contributed by atoms with Crippen molar-refractivity contribution in [1.29, 1.82) is 0 Å². The van der Waals surface area contributed by atoms with Gasteiger partial charge in [-0.25, -0.2) is 0 Å². The fraction of sp³-hybridized carbons (Fsp3) is 0.100. The topological polar surface area (TPSA) is 56.0 Å². The van der Waals surface area contributed by atoms with Crippen LogP contribution in [0.3, 0.4) is 0 Å². The third-order valence-electron chi connectivity index (χ3n) is 2.18. The van der Waals surface area contributed by atoms with Gasteiger partial charge in [-0.15, -0.1) is 0 Å². The molecule has 1 heterocycles. The van der Waals surface area contributed by atoms with Gasteiger partial charge in [0.25, 0.3) is 5.69 Å². The highest BCUT2D eigenvalue weighted by atomic mass is 35.5. The zero-order valence-corrected chi connectivity index (χ0v) is 8.65. The molecule has 2 rings (SSSR count). The van der Waals surface area contributed by atoms with Gasteiger partial charge < -0.3 is 0 Å². The molecule has 0 spiro atoms. The van der Waals surface area contributed by atoms with Crippen LogP contribution >= 0.6 is 11.6 Å². The lowest BCUT2D eigenvalue weighted by Gasteiger charge is -2.03. The lowest BCUT2D eigenvalue weighted by Crippen LogP contribution is -1.92.